The highest BCUT2D eigenvalue weighted by Crippen LogP contribution is 2.16. The fourth-order valence-corrected chi connectivity index (χ4v) is 3.47. The lowest BCUT2D eigenvalue weighted by atomic mass is 10.1. The topological polar surface area (TPSA) is 81.8 Å². The Balaban J connectivity index is 1.55. The summed E-state index contributed by atoms with van der Waals surface area (Å²) in [5.74, 6) is -0.229. The number of nitrogens with one attached hydrogen (secondary N) is 2. The Morgan fingerprint density at radius 3 is 2.26 bits per heavy atom. The van der Waals surface area contributed by atoms with E-state index < -0.39 is 0 Å². The standard InChI is InChI=1S/C19H22N4O3S/c1-2-20-19(26)23-11-9-22(10-12-23)18(25)14-5-7-15(8-6-14)21-17(24)16-4-3-13-27-16/h3-8,13H,2,9-12H2,1H3,(H,20,26)(H,21,24). The van der Waals surface area contributed by atoms with E-state index in [0.29, 0.717) is 48.9 Å². The number of anilines is 1. The Hall–Kier alpha value is -2.87. The van der Waals surface area contributed by atoms with Crippen molar-refractivity contribution in [3.63, 3.8) is 0 Å². The van der Waals surface area contributed by atoms with Crippen molar-refractivity contribution in [2.75, 3.05) is 38.0 Å². The van der Waals surface area contributed by atoms with Gasteiger partial charge in [-0.25, -0.2) is 4.79 Å². The van der Waals surface area contributed by atoms with Crippen LogP contribution in [0, 0.1) is 0 Å². The summed E-state index contributed by atoms with van der Waals surface area (Å²) in [5, 5.41) is 7.44. The van der Waals surface area contributed by atoms with Gasteiger partial charge in [-0.2, -0.15) is 0 Å². The molecule has 1 saturated heterocycles. The summed E-state index contributed by atoms with van der Waals surface area (Å²) in [5.41, 5.74) is 1.21. The molecule has 8 heteroatoms. The summed E-state index contributed by atoms with van der Waals surface area (Å²) in [6, 6.07) is 10.4. The predicted octanol–water partition coefficient (Wildman–Crippen LogP) is 2.49. The molecule has 1 aromatic carbocycles. The van der Waals surface area contributed by atoms with Gasteiger partial charge in [0.05, 0.1) is 4.88 Å². The lowest BCUT2D eigenvalue weighted by molar-refractivity contribution is 0.0665. The van der Waals surface area contributed by atoms with E-state index in [1.807, 2.05) is 18.4 Å². The second-order valence-electron chi connectivity index (χ2n) is 6.12. The van der Waals surface area contributed by atoms with Gasteiger partial charge in [0.1, 0.15) is 0 Å². The van der Waals surface area contributed by atoms with Gasteiger partial charge >= 0.3 is 6.03 Å². The molecule has 0 spiro atoms. The van der Waals surface area contributed by atoms with Gasteiger partial charge < -0.3 is 20.4 Å². The minimum Gasteiger partial charge on any atom is -0.338 e. The van der Waals surface area contributed by atoms with Crippen LogP contribution < -0.4 is 10.6 Å². The molecule has 7 nitrogen and oxygen atoms in total. The van der Waals surface area contributed by atoms with E-state index >= 15 is 0 Å². The third-order valence-electron chi connectivity index (χ3n) is 4.32. The van der Waals surface area contributed by atoms with Crippen LogP contribution in [0.4, 0.5) is 10.5 Å². The molecule has 0 unspecified atom stereocenters. The molecule has 27 heavy (non-hydrogen) atoms. The first kappa shape index (κ1) is 18.9. The highest BCUT2D eigenvalue weighted by molar-refractivity contribution is 7.12. The van der Waals surface area contributed by atoms with Crippen LogP contribution in [0.25, 0.3) is 0 Å². The predicted molar refractivity (Wildman–Crippen MR) is 105 cm³/mol. The van der Waals surface area contributed by atoms with Gasteiger partial charge in [0, 0.05) is 44.0 Å². The van der Waals surface area contributed by atoms with Crippen LogP contribution in [-0.2, 0) is 0 Å². The number of amides is 4. The first-order valence-electron chi connectivity index (χ1n) is 8.85. The van der Waals surface area contributed by atoms with E-state index in [0.717, 1.165) is 0 Å². The highest BCUT2D eigenvalue weighted by atomic mass is 32.1. The first-order valence-corrected chi connectivity index (χ1v) is 9.73. The maximum atomic E-state index is 12.6. The molecule has 0 saturated carbocycles. The van der Waals surface area contributed by atoms with Crippen LogP contribution in [0.3, 0.4) is 0 Å². The van der Waals surface area contributed by atoms with E-state index in [4.69, 9.17) is 0 Å². The Morgan fingerprint density at radius 2 is 1.67 bits per heavy atom. The van der Waals surface area contributed by atoms with Crippen LogP contribution in [0.15, 0.2) is 41.8 Å². The number of benzene rings is 1. The molecule has 0 radical (unpaired) electrons. The zero-order chi connectivity index (χ0) is 19.2. The number of nitrogens with zero attached hydrogens (tertiary/aromatic N) is 2. The molecule has 2 heterocycles. The molecule has 1 fully saturated rings. The van der Waals surface area contributed by atoms with Gasteiger partial charge in [0.2, 0.25) is 0 Å². The quantitative estimate of drug-likeness (QED) is 0.847. The number of hydrogen-bond acceptors (Lipinski definition) is 4. The van der Waals surface area contributed by atoms with E-state index in [-0.39, 0.29) is 17.8 Å². The van der Waals surface area contributed by atoms with E-state index in [1.165, 1.54) is 11.3 Å². The fraction of sp³-hybridized carbons (Fsp3) is 0.316. The summed E-state index contributed by atoms with van der Waals surface area (Å²) in [7, 11) is 0. The Bertz CT molecular complexity index is 797. The van der Waals surface area contributed by atoms with Gasteiger partial charge in [-0.1, -0.05) is 6.07 Å². The maximum Gasteiger partial charge on any atom is 0.317 e. The zero-order valence-corrected chi connectivity index (χ0v) is 15.9. The molecule has 0 aliphatic carbocycles. The molecule has 0 bridgehead atoms. The van der Waals surface area contributed by atoms with Crippen LogP contribution in [0.5, 0.6) is 0 Å². The normalized spacial score (nSPS) is 14.0. The molecule has 1 aliphatic heterocycles. The number of carbonyl (C=O) groups excluding carboxylic acids is 3. The van der Waals surface area contributed by atoms with Gasteiger partial charge in [-0.3, -0.25) is 9.59 Å². The van der Waals surface area contributed by atoms with Gasteiger partial charge in [-0.05, 0) is 42.6 Å². The number of urea groups is 1. The van der Waals surface area contributed by atoms with Gasteiger partial charge in [0.25, 0.3) is 11.8 Å². The summed E-state index contributed by atoms with van der Waals surface area (Å²) >= 11 is 1.38. The van der Waals surface area contributed by atoms with Crippen molar-refractivity contribution in [1.82, 2.24) is 15.1 Å². The van der Waals surface area contributed by atoms with E-state index in [2.05, 4.69) is 10.6 Å². The molecular formula is C19H22N4O3S. The SMILES string of the molecule is CCNC(=O)N1CCN(C(=O)c2ccc(NC(=O)c3cccs3)cc2)CC1. The minimum atomic E-state index is -0.162. The van der Waals surface area contributed by atoms with E-state index in [1.54, 1.807) is 40.1 Å². The number of carbonyl (C=O) groups is 3. The number of rotatable bonds is 4. The lowest BCUT2D eigenvalue weighted by Gasteiger charge is -2.34. The van der Waals surface area contributed by atoms with Crippen LogP contribution in [-0.4, -0.2) is 60.4 Å². The molecule has 4 amide bonds. The van der Waals surface area contributed by atoms with Crippen LogP contribution in [0.2, 0.25) is 0 Å². The maximum absolute atomic E-state index is 12.6. The van der Waals surface area contributed by atoms with Crippen molar-refractivity contribution in [2.24, 2.45) is 0 Å². The highest BCUT2D eigenvalue weighted by Gasteiger charge is 2.24. The minimum absolute atomic E-state index is 0.0679. The Labute approximate surface area is 162 Å². The molecule has 0 atom stereocenters. The first-order chi connectivity index (χ1) is 13.1. The van der Waals surface area contributed by atoms with Crippen LogP contribution in [0.1, 0.15) is 27.0 Å². The molecule has 142 valence electrons. The van der Waals surface area contributed by atoms with Gasteiger partial charge in [0.15, 0.2) is 0 Å². The smallest absolute Gasteiger partial charge is 0.317 e. The summed E-state index contributed by atoms with van der Waals surface area (Å²) < 4.78 is 0. The molecule has 2 aromatic rings. The third kappa shape index (κ3) is 4.65. The van der Waals surface area contributed by atoms with Crippen molar-refractivity contribution in [1.29, 1.82) is 0 Å². The summed E-state index contributed by atoms with van der Waals surface area (Å²) in [6.07, 6.45) is 0. The zero-order valence-electron chi connectivity index (χ0n) is 15.1. The lowest BCUT2D eigenvalue weighted by Crippen LogP contribution is -2.53. The molecule has 2 N–H and O–H groups in total. The average Bonchev–Trinajstić information content (AvgIpc) is 3.23. The van der Waals surface area contributed by atoms with Gasteiger partial charge in [-0.15, -0.1) is 11.3 Å². The molecule has 1 aromatic heterocycles. The van der Waals surface area contributed by atoms with Crippen molar-refractivity contribution >= 4 is 34.9 Å². The van der Waals surface area contributed by atoms with Crippen molar-refractivity contribution in [3.8, 4) is 0 Å². The Morgan fingerprint density at radius 1 is 1.00 bits per heavy atom. The Kier molecular flexibility index (Phi) is 6.08. The number of piperazine rings is 1. The number of thiophene rings is 1. The summed E-state index contributed by atoms with van der Waals surface area (Å²) in [4.78, 5) is 40.6. The monoisotopic (exact) mass is 386 g/mol. The van der Waals surface area contributed by atoms with Crippen molar-refractivity contribution in [3.05, 3.63) is 52.2 Å². The van der Waals surface area contributed by atoms with Crippen molar-refractivity contribution < 1.29 is 14.4 Å². The van der Waals surface area contributed by atoms with E-state index in [9.17, 15) is 14.4 Å². The molecule has 3 rings (SSSR count). The third-order valence-corrected chi connectivity index (χ3v) is 5.19. The average molecular weight is 386 g/mol. The second kappa shape index (κ2) is 8.68. The second-order valence-corrected chi connectivity index (χ2v) is 7.07. The molecular weight excluding hydrogens is 364 g/mol. The van der Waals surface area contributed by atoms with Crippen LogP contribution >= 0.6 is 11.3 Å². The summed E-state index contributed by atoms with van der Waals surface area (Å²) in [6.45, 7) is 4.52. The largest absolute Gasteiger partial charge is 0.338 e. The van der Waals surface area contributed by atoms with Crippen molar-refractivity contribution in [2.45, 2.75) is 6.92 Å². The number of hydrogen-bond donors (Lipinski definition) is 2. The fourth-order valence-electron chi connectivity index (χ4n) is 2.85. The molecule has 1 aliphatic rings.